The first-order valence-electron chi connectivity index (χ1n) is 14.7. The lowest BCUT2D eigenvalue weighted by atomic mass is 9.82. The topological polar surface area (TPSA) is 90.4 Å². The Balaban J connectivity index is 1.53. The van der Waals surface area contributed by atoms with Gasteiger partial charge >= 0.3 is 0 Å². The van der Waals surface area contributed by atoms with Crippen molar-refractivity contribution in [3.05, 3.63) is 72.3 Å². The van der Waals surface area contributed by atoms with Crippen LogP contribution in [0, 0.1) is 5.92 Å². The lowest BCUT2D eigenvalue weighted by Gasteiger charge is -2.31. The van der Waals surface area contributed by atoms with Gasteiger partial charge in [-0.2, -0.15) is 0 Å². The van der Waals surface area contributed by atoms with Gasteiger partial charge in [-0.3, -0.25) is 14.4 Å². The van der Waals surface area contributed by atoms with Gasteiger partial charge in [0, 0.05) is 55.3 Å². The summed E-state index contributed by atoms with van der Waals surface area (Å²) < 4.78 is 22.9. The first-order chi connectivity index (χ1) is 20.0. The number of anilines is 2. The molecule has 3 aliphatic rings. The van der Waals surface area contributed by atoms with E-state index in [2.05, 4.69) is 6.58 Å². The maximum Gasteiger partial charge on any atom is 0.264 e. The molecule has 2 fully saturated rings. The van der Waals surface area contributed by atoms with Crippen LogP contribution in [0.4, 0.5) is 15.5 Å². The maximum absolute atomic E-state index is 16.2. The van der Waals surface area contributed by atoms with E-state index in [-0.39, 0.29) is 43.8 Å². The van der Waals surface area contributed by atoms with E-state index in [1.54, 1.807) is 33.9 Å². The molecule has 1 N–H and O–H groups in total. The van der Waals surface area contributed by atoms with Gasteiger partial charge in [-0.1, -0.05) is 43.3 Å². The van der Waals surface area contributed by atoms with Crippen molar-refractivity contribution in [1.82, 2.24) is 4.90 Å². The van der Waals surface area contributed by atoms with Crippen LogP contribution in [-0.2, 0) is 31.3 Å². The third-order valence-corrected chi connectivity index (χ3v) is 11.4. The van der Waals surface area contributed by atoms with Crippen molar-refractivity contribution in [2.75, 3.05) is 36.0 Å². The Hall–Kier alpha value is -3.34. The van der Waals surface area contributed by atoms with Gasteiger partial charge < -0.3 is 28.7 Å². The zero-order chi connectivity index (χ0) is 30.2. The molecular formula is C32H40FN3O5Si. The predicted molar refractivity (Wildman–Crippen MR) is 162 cm³/mol. The minimum absolute atomic E-state index is 0.0256. The van der Waals surface area contributed by atoms with E-state index in [0.717, 1.165) is 12.0 Å². The highest BCUT2D eigenvalue weighted by atomic mass is 28.4. The van der Waals surface area contributed by atoms with Crippen LogP contribution in [0.5, 0.6) is 0 Å². The van der Waals surface area contributed by atoms with Crippen LogP contribution >= 0.6 is 0 Å². The summed E-state index contributed by atoms with van der Waals surface area (Å²) in [6, 6.07) is 15.0. The average molecular weight is 594 g/mol. The summed E-state index contributed by atoms with van der Waals surface area (Å²) in [6.45, 7) is 9.94. The third kappa shape index (κ3) is 5.20. The first-order valence-corrected chi connectivity index (χ1v) is 17.7. The molecule has 2 saturated heterocycles. The number of amides is 3. The van der Waals surface area contributed by atoms with E-state index in [9.17, 15) is 19.5 Å². The van der Waals surface area contributed by atoms with Gasteiger partial charge in [0.25, 0.3) is 5.91 Å². The average Bonchev–Trinajstić information content (AvgIpc) is 3.58. The number of benzene rings is 2. The SMILES string of the molecule is C=CCN1C(=O)[C@]2(O[C@H](CC(=O)N(CCO)Cc3ccccc3)[C@@H]([Si](C)(C)F)[C@@H]2C)c2cc(N3CCCC3=O)ccc21. The molecule has 224 valence electrons. The van der Waals surface area contributed by atoms with Gasteiger partial charge in [-0.15, -0.1) is 6.58 Å². The van der Waals surface area contributed by atoms with Gasteiger partial charge in [0.1, 0.15) is 0 Å². The Bertz CT molecular complexity index is 1370. The monoisotopic (exact) mass is 593 g/mol. The fourth-order valence-electron chi connectivity index (χ4n) is 7.15. The molecule has 4 atom stereocenters. The fourth-order valence-corrected chi connectivity index (χ4v) is 9.65. The molecule has 42 heavy (non-hydrogen) atoms. The number of fused-ring (bicyclic) bond motifs is 2. The van der Waals surface area contributed by atoms with Crippen molar-refractivity contribution >= 4 is 37.5 Å². The highest BCUT2D eigenvalue weighted by Crippen LogP contribution is 2.60. The summed E-state index contributed by atoms with van der Waals surface area (Å²) in [5.74, 6) is -1.11. The van der Waals surface area contributed by atoms with Crippen molar-refractivity contribution in [3.8, 4) is 0 Å². The summed E-state index contributed by atoms with van der Waals surface area (Å²) in [7, 11) is -3.48. The Morgan fingerprint density at radius 3 is 2.60 bits per heavy atom. The highest BCUT2D eigenvalue weighted by molar-refractivity contribution is 6.72. The number of ether oxygens (including phenoxy) is 1. The number of rotatable bonds is 10. The molecule has 3 heterocycles. The fraction of sp³-hybridized carbons (Fsp3) is 0.469. The van der Waals surface area contributed by atoms with Gasteiger partial charge in [0.15, 0.2) is 5.60 Å². The Morgan fingerprint density at radius 1 is 1.24 bits per heavy atom. The molecule has 8 nitrogen and oxygen atoms in total. The normalized spacial score (nSPS) is 25.4. The minimum Gasteiger partial charge on any atom is -0.395 e. The Morgan fingerprint density at radius 2 is 1.98 bits per heavy atom. The van der Waals surface area contributed by atoms with Crippen LogP contribution in [0.25, 0.3) is 0 Å². The van der Waals surface area contributed by atoms with Gasteiger partial charge in [-0.25, -0.2) is 0 Å². The quantitative estimate of drug-likeness (QED) is 0.248. The van der Waals surface area contributed by atoms with Crippen LogP contribution < -0.4 is 9.80 Å². The van der Waals surface area contributed by atoms with Crippen molar-refractivity contribution in [1.29, 1.82) is 0 Å². The van der Waals surface area contributed by atoms with Crippen LogP contribution in [0.1, 0.15) is 37.3 Å². The van der Waals surface area contributed by atoms with E-state index >= 15 is 4.11 Å². The molecule has 0 radical (unpaired) electrons. The molecule has 5 rings (SSSR count). The number of aliphatic hydroxyl groups excluding tert-OH is 1. The maximum atomic E-state index is 16.2. The molecule has 0 saturated carbocycles. The number of halogens is 1. The molecule has 2 aromatic rings. The van der Waals surface area contributed by atoms with E-state index in [0.29, 0.717) is 36.4 Å². The smallest absolute Gasteiger partial charge is 0.264 e. The second kappa shape index (κ2) is 11.7. The van der Waals surface area contributed by atoms with Crippen LogP contribution in [0.2, 0.25) is 18.6 Å². The van der Waals surface area contributed by atoms with Gasteiger partial charge in [0.2, 0.25) is 20.2 Å². The number of hydrogen-bond donors (Lipinski definition) is 1. The van der Waals surface area contributed by atoms with E-state index in [1.807, 2.05) is 55.5 Å². The molecule has 0 aliphatic carbocycles. The molecule has 2 aromatic carbocycles. The molecule has 10 heteroatoms. The van der Waals surface area contributed by atoms with Crippen molar-refractivity contribution < 1.29 is 28.3 Å². The summed E-state index contributed by atoms with van der Waals surface area (Å²) in [5.41, 5.74) is 0.712. The lowest BCUT2D eigenvalue weighted by Crippen LogP contribution is -2.45. The zero-order valence-corrected chi connectivity index (χ0v) is 25.6. The summed E-state index contributed by atoms with van der Waals surface area (Å²) in [5, 5.41) is 9.71. The number of aliphatic hydroxyl groups is 1. The van der Waals surface area contributed by atoms with Gasteiger partial charge in [-0.05, 0) is 43.3 Å². The zero-order valence-electron chi connectivity index (χ0n) is 24.6. The van der Waals surface area contributed by atoms with Crippen molar-refractivity contribution in [3.63, 3.8) is 0 Å². The van der Waals surface area contributed by atoms with Gasteiger partial charge in [0.05, 0.1) is 24.8 Å². The molecule has 0 aromatic heterocycles. The van der Waals surface area contributed by atoms with Crippen molar-refractivity contribution in [2.45, 2.75) is 63.1 Å². The van der Waals surface area contributed by atoms with Crippen LogP contribution in [-0.4, -0.2) is 68.5 Å². The number of nitrogens with zero attached hydrogens (tertiary/aromatic N) is 3. The summed E-state index contributed by atoms with van der Waals surface area (Å²) >= 11 is 0. The summed E-state index contributed by atoms with van der Waals surface area (Å²) in [4.78, 5) is 45.5. The highest BCUT2D eigenvalue weighted by Gasteiger charge is 2.67. The second-order valence-corrected chi connectivity index (χ2v) is 15.8. The molecule has 3 aliphatic heterocycles. The predicted octanol–water partition coefficient (Wildman–Crippen LogP) is 4.53. The molecule has 1 spiro atoms. The molecule has 0 unspecified atom stereocenters. The second-order valence-electron chi connectivity index (χ2n) is 12.1. The Kier molecular flexibility index (Phi) is 8.42. The first kappa shape index (κ1) is 30.1. The van der Waals surface area contributed by atoms with E-state index in [1.165, 1.54) is 0 Å². The van der Waals surface area contributed by atoms with E-state index < -0.39 is 31.6 Å². The summed E-state index contributed by atoms with van der Waals surface area (Å²) in [6.07, 6.45) is 1.92. The third-order valence-electron chi connectivity index (χ3n) is 8.96. The largest absolute Gasteiger partial charge is 0.395 e. The standard InChI is InChI=1S/C32H40FN3O5Si/c1-5-15-36-26-14-13-24(35-16-9-12-28(35)38)19-25(26)32(31(36)40)22(2)30(42(3,4)33)27(41-32)20-29(39)34(17-18-37)21-23-10-7-6-8-11-23/h5-8,10-11,13-14,19,22,27,30,37H,1,9,12,15-18,20-21H2,2-4H3/t22-,27+,30-,32+/m0/s1. The molecule has 3 amide bonds. The lowest BCUT2D eigenvalue weighted by molar-refractivity contribution is -0.149. The minimum atomic E-state index is -3.48. The molecular weight excluding hydrogens is 553 g/mol. The van der Waals surface area contributed by atoms with Crippen LogP contribution in [0.3, 0.4) is 0 Å². The number of carbonyl (C=O) groups is 3. The molecule has 0 bridgehead atoms. The number of carbonyl (C=O) groups excluding carboxylic acids is 3. The Labute approximate surface area is 247 Å². The van der Waals surface area contributed by atoms with Crippen LogP contribution in [0.15, 0.2) is 61.2 Å². The van der Waals surface area contributed by atoms with Crippen molar-refractivity contribution in [2.24, 2.45) is 5.92 Å². The van der Waals surface area contributed by atoms with E-state index in [4.69, 9.17) is 4.74 Å². The number of hydrogen-bond acceptors (Lipinski definition) is 5.